The lowest BCUT2D eigenvalue weighted by Crippen LogP contribution is -2.58. The SMILES string of the molecule is Cc1ccc(N2C(=O)[C@@H](/C=N\NC(=O)c3ccc(-n4c(C)ccc4C)cc3Cl)C(=O)NC2=S)cc1C. The number of aryl methyl sites for hydroxylation is 4. The number of thiocarbonyl (C=S) groups is 1. The molecule has 2 aromatic carbocycles. The summed E-state index contributed by atoms with van der Waals surface area (Å²) < 4.78 is 2.02. The van der Waals surface area contributed by atoms with Crippen LogP contribution in [0.15, 0.2) is 53.6 Å². The number of hydrogen-bond donors (Lipinski definition) is 2. The molecule has 1 saturated heterocycles. The third-order valence-corrected chi connectivity index (χ3v) is 6.66. The molecule has 1 aliphatic heterocycles. The Morgan fingerprint density at radius 2 is 1.67 bits per heavy atom. The van der Waals surface area contributed by atoms with E-state index in [9.17, 15) is 14.4 Å². The van der Waals surface area contributed by atoms with Crippen molar-refractivity contribution in [3.8, 4) is 5.69 Å². The van der Waals surface area contributed by atoms with Gasteiger partial charge in [-0.3, -0.25) is 19.3 Å². The van der Waals surface area contributed by atoms with Gasteiger partial charge in [0.25, 0.3) is 11.8 Å². The molecule has 2 N–H and O–H groups in total. The highest BCUT2D eigenvalue weighted by molar-refractivity contribution is 7.80. The minimum absolute atomic E-state index is 0.0121. The predicted octanol–water partition coefficient (Wildman–Crippen LogP) is 4.14. The number of rotatable bonds is 5. The van der Waals surface area contributed by atoms with E-state index in [4.69, 9.17) is 23.8 Å². The van der Waals surface area contributed by atoms with Gasteiger partial charge in [-0.2, -0.15) is 5.10 Å². The molecule has 1 fully saturated rings. The van der Waals surface area contributed by atoms with Crippen molar-refractivity contribution >= 4 is 58.6 Å². The van der Waals surface area contributed by atoms with Crippen molar-refractivity contribution in [1.29, 1.82) is 0 Å². The Hall–Kier alpha value is -3.82. The number of benzene rings is 2. The Labute approximate surface area is 218 Å². The third-order valence-electron chi connectivity index (χ3n) is 6.07. The van der Waals surface area contributed by atoms with E-state index in [1.165, 1.54) is 4.90 Å². The molecule has 3 amide bonds. The molecule has 0 saturated carbocycles. The van der Waals surface area contributed by atoms with Crippen LogP contribution in [-0.4, -0.2) is 33.6 Å². The number of amides is 3. The Morgan fingerprint density at radius 1 is 1.00 bits per heavy atom. The van der Waals surface area contributed by atoms with Gasteiger partial charge in [-0.25, -0.2) is 5.43 Å². The van der Waals surface area contributed by atoms with Gasteiger partial charge < -0.3 is 9.88 Å². The number of anilines is 1. The lowest BCUT2D eigenvalue weighted by molar-refractivity contribution is -0.130. The van der Waals surface area contributed by atoms with E-state index in [1.807, 2.05) is 56.5 Å². The lowest BCUT2D eigenvalue weighted by atomic mass is 10.0. The quantitative estimate of drug-likeness (QED) is 0.228. The summed E-state index contributed by atoms with van der Waals surface area (Å²) in [6.45, 7) is 7.83. The fourth-order valence-corrected chi connectivity index (χ4v) is 4.52. The van der Waals surface area contributed by atoms with Crippen molar-refractivity contribution in [3.63, 3.8) is 0 Å². The van der Waals surface area contributed by atoms with Gasteiger partial charge >= 0.3 is 0 Å². The summed E-state index contributed by atoms with van der Waals surface area (Å²) in [6.07, 6.45) is 1.08. The van der Waals surface area contributed by atoms with Crippen LogP contribution in [0.4, 0.5) is 5.69 Å². The Balaban J connectivity index is 1.50. The molecule has 36 heavy (non-hydrogen) atoms. The molecule has 2 heterocycles. The molecule has 3 aromatic rings. The molecule has 1 aliphatic rings. The average Bonchev–Trinajstić information content (AvgIpc) is 3.15. The Bertz CT molecular complexity index is 1430. The zero-order chi connectivity index (χ0) is 26.1. The maximum Gasteiger partial charge on any atom is 0.272 e. The van der Waals surface area contributed by atoms with Crippen molar-refractivity contribution in [2.24, 2.45) is 11.0 Å². The first-order chi connectivity index (χ1) is 17.1. The highest BCUT2D eigenvalue weighted by atomic mass is 35.5. The summed E-state index contributed by atoms with van der Waals surface area (Å²) in [5, 5.41) is 6.61. The molecule has 0 aliphatic carbocycles. The van der Waals surface area contributed by atoms with E-state index in [2.05, 4.69) is 15.8 Å². The minimum atomic E-state index is -1.27. The van der Waals surface area contributed by atoms with Gasteiger partial charge in [-0.15, -0.1) is 0 Å². The van der Waals surface area contributed by atoms with Gasteiger partial charge in [0.1, 0.15) is 0 Å². The van der Waals surface area contributed by atoms with Crippen LogP contribution in [0.1, 0.15) is 32.9 Å². The second-order valence-corrected chi connectivity index (χ2v) is 9.34. The lowest BCUT2D eigenvalue weighted by Gasteiger charge is -2.31. The van der Waals surface area contributed by atoms with Crippen LogP contribution >= 0.6 is 23.8 Å². The van der Waals surface area contributed by atoms with Gasteiger partial charge in [0.15, 0.2) is 11.0 Å². The summed E-state index contributed by atoms with van der Waals surface area (Å²) >= 11 is 11.6. The topological polar surface area (TPSA) is 95.8 Å². The second kappa shape index (κ2) is 10.0. The number of nitrogens with zero attached hydrogens (tertiary/aromatic N) is 3. The maximum atomic E-state index is 13.1. The highest BCUT2D eigenvalue weighted by Gasteiger charge is 2.38. The molecule has 184 valence electrons. The molecule has 0 radical (unpaired) electrons. The van der Waals surface area contributed by atoms with E-state index in [1.54, 1.807) is 24.3 Å². The van der Waals surface area contributed by atoms with Crippen molar-refractivity contribution < 1.29 is 14.4 Å². The van der Waals surface area contributed by atoms with Crippen LogP contribution in [-0.2, 0) is 9.59 Å². The molecule has 1 atom stereocenters. The molecule has 0 spiro atoms. The van der Waals surface area contributed by atoms with Gasteiger partial charge in [-0.05, 0) is 93.5 Å². The van der Waals surface area contributed by atoms with Gasteiger partial charge in [-0.1, -0.05) is 17.7 Å². The first-order valence-corrected chi connectivity index (χ1v) is 11.9. The summed E-state index contributed by atoms with van der Waals surface area (Å²) in [5.41, 5.74) is 8.02. The normalized spacial score (nSPS) is 16.0. The molecule has 1 aromatic heterocycles. The summed E-state index contributed by atoms with van der Waals surface area (Å²) in [5.74, 6) is -3.03. The molecule has 10 heteroatoms. The average molecular weight is 522 g/mol. The largest absolute Gasteiger partial charge is 0.318 e. The van der Waals surface area contributed by atoms with E-state index >= 15 is 0 Å². The Morgan fingerprint density at radius 3 is 2.31 bits per heavy atom. The van der Waals surface area contributed by atoms with Crippen LogP contribution in [0.5, 0.6) is 0 Å². The minimum Gasteiger partial charge on any atom is -0.318 e. The van der Waals surface area contributed by atoms with Crippen molar-refractivity contribution in [2.75, 3.05) is 4.90 Å². The number of nitrogens with one attached hydrogen (secondary N) is 2. The molecular formula is C26H24ClN5O3S. The van der Waals surface area contributed by atoms with Crippen LogP contribution < -0.4 is 15.6 Å². The number of aromatic nitrogens is 1. The van der Waals surface area contributed by atoms with Gasteiger partial charge in [0.05, 0.1) is 16.3 Å². The van der Waals surface area contributed by atoms with Gasteiger partial charge in [0, 0.05) is 23.3 Å². The number of carbonyl (C=O) groups excluding carboxylic acids is 3. The van der Waals surface area contributed by atoms with Crippen LogP contribution in [0.2, 0.25) is 5.02 Å². The highest BCUT2D eigenvalue weighted by Crippen LogP contribution is 2.24. The molecule has 0 bridgehead atoms. The molecule has 0 unspecified atom stereocenters. The third kappa shape index (κ3) is 4.80. The number of hydrogen-bond acceptors (Lipinski definition) is 5. The van der Waals surface area contributed by atoms with Crippen molar-refractivity contribution in [1.82, 2.24) is 15.3 Å². The van der Waals surface area contributed by atoms with Crippen molar-refractivity contribution in [3.05, 3.63) is 81.6 Å². The Kier molecular flexibility index (Phi) is 7.05. The first kappa shape index (κ1) is 25.3. The summed E-state index contributed by atoms with van der Waals surface area (Å²) in [4.78, 5) is 39.5. The predicted molar refractivity (Wildman–Crippen MR) is 144 cm³/mol. The standard InChI is InChI=1S/C26H24ClN5O3S/c1-14-5-8-18(11-15(14)2)32-25(35)21(23(33)29-26(32)36)13-28-30-24(34)20-10-9-19(12-22(20)27)31-16(3)6-7-17(31)4/h5-13,21H,1-4H3,(H,30,34)(H,29,33,36)/b28-13-/t21-/m0/s1. The monoisotopic (exact) mass is 521 g/mol. The van der Waals surface area contributed by atoms with E-state index < -0.39 is 23.6 Å². The first-order valence-electron chi connectivity index (χ1n) is 11.1. The van der Waals surface area contributed by atoms with Crippen LogP contribution in [0.25, 0.3) is 5.69 Å². The fraction of sp³-hybridized carbons (Fsp3) is 0.192. The molecule has 8 nitrogen and oxygen atoms in total. The zero-order valence-electron chi connectivity index (χ0n) is 20.1. The van der Waals surface area contributed by atoms with Gasteiger partial charge in [0.2, 0.25) is 5.91 Å². The van der Waals surface area contributed by atoms with Crippen LogP contribution in [0, 0.1) is 33.6 Å². The number of halogens is 1. The van der Waals surface area contributed by atoms with E-state index in [-0.39, 0.29) is 15.7 Å². The van der Waals surface area contributed by atoms with E-state index in [0.29, 0.717) is 5.69 Å². The maximum absolute atomic E-state index is 13.1. The number of carbonyl (C=O) groups is 3. The zero-order valence-corrected chi connectivity index (χ0v) is 21.7. The summed E-state index contributed by atoms with van der Waals surface area (Å²) in [6, 6.07) is 14.5. The van der Waals surface area contributed by atoms with E-state index in [0.717, 1.165) is 34.4 Å². The smallest absolute Gasteiger partial charge is 0.272 e. The second-order valence-electron chi connectivity index (χ2n) is 8.55. The molecular weight excluding hydrogens is 498 g/mol. The van der Waals surface area contributed by atoms with Crippen molar-refractivity contribution in [2.45, 2.75) is 27.7 Å². The molecule has 4 rings (SSSR count). The summed E-state index contributed by atoms with van der Waals surface area (Å²) in [7, 11) is 0. The van der Waals surface area contributed by atoms with Crippen LogP contribution in [0.3, 0.4) is 0 Å². The fourth-order valence-electron chi connectivity index (χ4n) is 3.96. The number of hydrazone groups is 1.